The predicted octanol–water partition coefficient (Wildman–Crippen LogP) is 1.41. The van der Waals surface area contributed by atoms with Gasteiger partial charge in [-0.25, -0.2) is 4.79 Å². The van der Waals surface area contributed by atoms with E-state index in [1.54, 1.807) is 24.1 Å². The van der Waals surface area contributed by atoms with Gasteiger partial charge >= 0.3 is 12.0 Å². The minimum atomic E-state index is -0.911. The largest absolute Gasteiger partial charge is 0.495 e. The number of aliphatic carboxylic acids is 1. The molecule has 2 amide bonds. The molecule has 1 fully saturated rings. The molecule has 6 heteroatoms. The molecule has 1 saturated heterocycles. The van der Waals surface area contributed by atoms with E-state index in [0.29, 0.717) is 18.0 Å². The van der Waals surface area contributed by atoms with E-state index < -0.39 is 5.97 Å². The lowest BCUT2D eigenvalue weighted by Gasteiger charge is -2.18. The SMILES string of the molecule is COc1ccccc1N1CC(CC(=O)O)N(C)C1=O. The van der Waals surface area contributed by atoms with Gasteiger partial charge in [0.15, 0.2) is 0 Å². The summed E-state index contributed by atoms with van der Waals surface area (Å²) in [5.41, 5.74) is 0.662. The van der Waals surface area contributed by atoms with Crippen molar-refractivity contribution in [2.75, 3.05) is 25.6 Å². The van der Waals surface area contributed by atoms with E-state index in [2.05, 4.69) is 0 Å². The van der Waals surface area contributed by atoms with E-state index in [9.17, 15) is 9.59 Å². The summed E-state index contributed by atoms with van der Waals surface area (Å²) in [6.07, 6.45) is -0.0616. The van der Waals surface area contributed by atoms with Gasteiger partial charge in [-0.3, -0.25) is 9.69 Å². The quantitative estimate of drug-likeness (QED) is 0.892. The number of anilines is 1. The molecule has 0 spiro atoms. The van der Waals surface area contributed by atoms with Crippen LogP contribution in [0.4, 0.5) is 10.5 Å². The predicted molar refractivity (Wildman–Crippen MR) is 69.5 cm³/mol. The maximum Gasteiger partial charge on any atom is 0.324 e. The first kappa shape index (κ1) is 13.2. The third kappa shape index (κ3) is 2.47. The van der Waals surface area contributed by atoms with Crippen LogP contribution in [0.3, 0.4) is 0 Å². The second-order valence-electron chi connectivity index (χ2n) is 4.43. The van der Waals surface area contributed by atoms with Crippen LogP contribution in [0, 0.1) is 0 Å². The average molecular weight is 264 g/mol. The molecule has 1 N–H and O–H groups in total. The molecule has 2 rings (SSSR count). The average Bonchev–Trinajstić information content (AvgIpc) is 2.66. The molecule has 102 valence electrons. The minimum Gasteiger partial charge on any atom is -0.495 e. The summed E-state index contributed by atoms with van der Waals surface area (Å²) in [5.74, 6) is -0.313. The Hall–Kier alpha value is -2.24. The Bertz CT molecular complexity index is 503. The number of carbonyl (C=O) groups excluding carboxylic acids is 1. The number of hydrogen-bond donors (Lipinski definition) is 1. The highest BCUT2D eigenvalue weighted by atomic mass is 16.5. The zero-order valence-corrected chi connectivity index (χ0v) is 10.9. The lowest BCUT2D eigenvalue weighted by atomic mass is 10.2. The van der Waals surface area contributed by atoms with Gasteiger partial charge in [-0.15, -0.1) is 0 Å². The molecule has 6 nitrogen and oxygen atoms in total. The molecule has 1 aliphatic rings. The summed E-state index contributed by atoms with van der Waals surface area (Å²) in [5, 5.41) is 8.85. The van der Waals surface area contributed by atoms with E-state index in [1.165, 1.54) is 12.0 Å². The Morgan fingerprint density at radius 1 is 1.47 bits per heavy atom. The third-order valence-corrected chi connectivity index (χ3v) is 3.26. The van der Waals surface area contributed by atoms with Crippen molar-refractivity contribution < 1.29 is 19.4 Å². The first-order valence-electron chi connectivity index (χ1n) is 5.93. The number of likely N-dealkylation sites (N-methyl/N-ethyl adjacent to an activating group) is 1. The van der Waals surface area contributed by atoms with Crippen LogP contribution in [-0.2, 0) is 4.79 Å². The van der Waals surface area contributed by atoms with Crippen LogP contribution < -0.4 is 9.64 Å². The molecule has 0 saturated carbocycles. The summed E-state index contributed by atoms with van der Waals surface area (Å²) in [7, 11) is 3.16. The Kier molecular flexibility index (Phi) is 3.59. The fourth-order valence-corrected chi connectivity index (χ4v) is 2.22. The Balaban J connectivity index is 2.26. The van der Waals surface area contributed by atoms with Crippen molar-refractivity contribution >= 4 is 17.7 Å². The minimum absolute atomic E-state index is 0.0616. The first-order valence-corrected chi connectivity index (χ1v) is 5.93. The highest BCUT2D eigenvalue weighted by Crippen LogP contribution is 2.32. The second-order valence-corrected chi connectivity index (χ2v) is 4.43. The van der Waals surface area contributed by atoms with Crippen LogP contribution in [-0.4, -0.2) is 48.8 Å². The molecule has 19 heavy (non-hydrogen) atoms. The summed E-state index contributed by atoms with van der Waals surface area (Å²) in [6, 6.07) is 6.66. The molecule has 1 heterocycles. The number of benzene rings is 1. The Morgan fingerprint density at radius 2 is 2.16 bits per heavy atom. The summed E-state index contributed by atoms with van der Waals surface area (Å²) < 4.78 is 5.23. The summed E-state index contributed by atoms with van der Waals surface area (Å²) in [4.78, 5) is 26.0. The lowest BCUT2D eigenvalue weighted by molar-refractivity contribution is -0.137. The molecule has 1 unspecified atom stereocenters. The third-order valence-electron chi connectivity index (χ3n) is 3.26. The van der Waals surface area contributed by atoms with Gasteiger partial charge in [0.05, 0.1) is 25.3 Å². The van der Waals surface area contributed by atoms with Crippen molar-refractivity contribution in [2.24, 2.45) is 0 Å². The van der Waals surface area contributed by atoms with Crippen molar-refractivity contribution in [3.05, 3.63) is 24.3 Å². The number of carboxylic acids is 1. The highest BCUT2D eigenvalue weighted by molar-refractivity contribution is 5.96. The van der Waals surface area contributed by atoms with Crippen LogP contribution in [0.15, 0.2) is 24.3 Å². The highest BCUT2D eigenvalue weighted by Gasteiger charge is 2.37. The number of urea groups is 1. The van der Waals surface area contributed by atoms with Crippen molar-refractivity contribution in [1.29, 1.82) is 0 Å². The smallest absolute Gasteiger partial charge is 0.324 e. The molecule has 1 aromatic rings. The number of ether oxygens (including phenoxy) is 1. The van der Waals surface area contributed by atoms with Crippen molar-refractivity contribution in [3.63, 3.8) is 0 Å². The van der Waals surface area contributed by atoms with Gasteiger partial charge < -0.3 is 14.7 Å². The number of nitrogens with zero attached hydrogens (tertiary/aromatic N) is 2. The molecule has 1 atom stereocenters. The van der Waals surface area contributed by atoms with Gasteiger partial charge in [-0.1, -0.05) is 12.1 Å². The molecule has 0 radical (unpaired) electrons. The number of rotatable bonds is 4. The van der Waals surface area contributed by atoms with Gasteiger partial charge in [0, 0.05) is 13.6 Å². The zero-order valence-electron chi connectivity index (χ0n) is 10.9. The fourth-order valence-electron chi connectivity index (χ4n) is 2.22. The van der Waals surface area contributed by atoms with Crippen molar-refractivity contribution in [1.82, 2.24) is 4.90 Å². The van der Waals surface area contributed by atoms with Crippen LogP contribution in [0.2, 0.25) is 0 Å². The number of para-hydroxylation sites is 2. The summed E-state index contributed by atoms with van der Waals surface area (Å²) in [6.45, 7) is 0.349. The van der Waals surface area contributed by atoms with Gasteiger partial charge in [0.2, 0.25) is 0 Å². The molecule has 0 aliphatic carbocycles. The van der Waals surface area contributed by atoms with Crippen LogP contribution in [0.25, 0.3) is 0 Å². The molecular formula is C13H16N2O4. The van der Waals surface area contributed by atoms with Gasteiger partial charge in [0.1, 0.15) is 5.75 Å². The zero-order chi connectivity index (χ0) is 14.0. The van der Waals surface area contributed by atoms with Crippen molar-refractivity contribution in [3.8, 4) is 5.75 Å². The number of methoxy groups -OCH3 is 1. The molecule has 1 aromatic carbocycles. The number of carboxylic acid groups (broad SMARTS) is 1. The molecule has 0 bridgehead atoms. The number of carbonyl (C=O) groups is 2. The Labute approximate surface area is 111 Å². The van der Waals surface area contributed by atoms with E-state index in [-0.39, 0.29) is 18.5 Å². The van der Waals surface area contributed by atoms with E-state index in [1.807, 2.05) is 12.1 Å². The monoisotopic (exact) mass is 264 g/mol. The molecule has 0 aromatic heterocycles. The summed E-state index contributed by atoms with van der Waals surface area (Å²) >= 11 is 0. The number of hydrogen-bond acceptors (Lipinski definition) is 3. The van der Waals surface area contributed by atoms with Crippen LogP contribution in [0.5, 0.6) is 5.75 Å². The Morgan fingerprint density at radius 3 is 2.79 bits per heavy atom. The maximum atomic E-state index is 12.2. The van der Waals surface area contributed by atoms with Gasteiger partial charge in [-0.2, -0.15) is 0 Å². The number of amides is 2. The van der Waals surface area contributed by atoms with E-state index >= 15 is 0 Å². The van der Waals surface area contributed by atoms with E-state index in [4.69, 9.17) is 9.84 Å². The maximum absolute atomic E-state index is 12.2. The van der Waals surface area contributed by atoms with Crippen LogP contribution >= 0.6 is 0 Å². The van der Waals surface area contributed by atoms with Crippen LogP contribution in [0.1, 0.15) is 6.42 Å². The van der Waals surface area contributed by atoms with Gasteiger partial charge in [-0.05, 0) is 12.1 Å². The lowest BCUT2D eigenvalue weighted by Crippen LogP contribution is -2.32. The fraction of sp³-hybridized carbons (Fsp3) is 0.385. The first-order chi connectivity index (χ1) is 9.04. The van der Waals surface area contributed by atoms with Crippen molar-refractivity contribution in [2.45, 2.75) is 12.5 Å². The van der Waals surface area contributed by atoms with E-state index in [0.717, 1.165) is 0 Å². The molecule has 1 aliphatic heterocycles. The topological polar surface area (TPSA) is 70.1 Å². The molecular weight excluding hydrogens is 248 g/mol. The standard InChI is InChI=1S/C13H16N2O4/c1-14-9(7-12(16)17)8-15(13(14)18)10-5-3-4-6-11(10)19-2/h3-6,9H,7-8H2,1-2H3,(H,16,17). The van der Waals surface area contributed by atoms with Gasteiger partial charge in [0.25, 0.3) is 0 Å². The second kappa shape index (κ2) is 5.17. The normalized spacial score (nSPS) is 18.8.